The van der Waals surface area contributed by atoms with Gasteiger partial charge in [-0.05, 0) is 24.5 Å². The maximum atomic E-state index is 11.4. The lowest BCUT2D eigenvalue weighted by molar-refractivity contribution is -0.140. The molecule has 0 radical (unpaired) electrons. The van der Waals surface area contributed by atoms with E-state index in [1.807, 2.05) is 18.2 Å². The number of nitrogens with one attached hydrogen (secondary N) is 2. The lowest BCUT2D eigenvalue weighted by atomic mass is 10.2. The highest BCUT2D eigenvalue weighted by Crippen LogP contribution is 2.32. The summed E-state index contributed by atoms with van der Waals surface area (Å²) in [6.07, 6.45) is 1.94. The van der Waals surface area contributed by atoms with Crippen molar-refractivity contribution < 1.29 is 23.7 Å². The third-order valence-corrected chi connectivity index (χ3v) is 4.03. The molecule has 0 fully saturated rings. The van der Waals surface area contributed by atoms with Crippen molar-refractivity contribution in [1.82, 2.24) is 5.32 Å². The fourth-order valence-electron chi connectivity index (χ4n) is 2.58. The van der Waals surface area contributed by atoms with Gasteiger partial charge in [0.25, 0.3) is 0 Å². The first-order valence-corrected chi connectivity index (χ1v) is 10.2. The van der Waals surface area contributed by atoms with E-state index >= 15 is 0 Å². The average Bonchev–Trinajstić information content (AvgIpc) is 2.94. The molecule has 1 aromatic rings. The number of fused-ring (bicyclic) bond motifs is 1. The molecule has 1 aliphatic heterocycles. The van der Waals surface area contributed by atoms with E-state index in [0.717, 1.165) is 30.9 Å². The summed E-state index contributed by atoms with van der Waals surface area (Å²) in [7, 11) is 1.38. The molecule has 0 atom stereocenters. The molecule has 0 bridgehead atoms. The van der Waals surface area contributed by atoms with Gasteiger partial charge in [-0.1, -0.05) is 13.8 Å². The van der Waals surface area contributed by atoms with Gasteiger partial charge in [-0.2, -0.15) is 0 Å². The van der Waals surface area contributed by atoms with Crippen LogP contribution in [0.3, 0.4) is 0 Å². The number of anilines is 1. The molecule has 0 saturated heterocycles. The van der Waals surface area contributed by atoms with Crippen LogP contribution in [0.25, 0.3) is 0 Å². The van der Waals surface area contributed by atoms with Crippen LogP contribution >= 0.6 is 0 Å². The van der Waals surface area contributed by atoms with Crippen molar-refractivity contribution in [3.05, 3.63) is 18.2 Å². The predicted molar refractivity (Wildman–Crippen MR) is 113 cm³/mol. The van der Waals surface area contributed by atoms with Crippen LogP contribution in [0, 0.1) is 5.92 Å². The average molecular weight is 408 g/mol. The van der Waals surface area contributed by atoms with Gasteiger partial charge in [-0.15, -0.1) is 0 Å². The largest absolute Gasteiger partial charge is 0.490 e. The van der Waals surface area contributed by atoms with E-state index in [0.29, 0.717) is 50.5 Å². The molecule has 1 heterocycles. The van der Waals surface area contributed by atoms with Gasteiger partial charge in [0.15, 0.2) is 17.5 Å². The zero-order chi connectivity index (χ0) is 20.9. The summed E-state index contributed by atoms with van der Waals surface area (Å²) in [4.78, 5) is 15.9. The van der Waals surface area contributed by atoms with E-state index in [4.69, 9.17) is 14.2 Å². The number of carbonyl (C=O) groups excluding carboxylic acids is 1. The molecule has 0 amide bonds. The number of hydrogen-bond donors (Lipinski definition) is 2. The summed E-state index contributed by atoms with van der Waals surface area (Å²) in [5.74, 6) is 2.30. The predicted octanol–water partition coefficient (Wildman–Crippen LogP) is 2.83. The maximum absolute atomic E-state index is 11.4. The first-order valence-electron chi connectivity index (χ1n) is 10.2. The summed E-state index contributed by atoms with van der Waals surface area (Å²) >= 11 is 0. The molecule has 0 aromatic heterocycles. The summed E-state index contributed by atoms with van der Waals surface area (Å²) in [6.45, 7) is 7.99. The number of ether oxygens (including phenoxy) is 4. The standard InChI is InChI=1S/C21H33N3O5/c1-16(2)15-27-11-4-9-22-21(23-10-8-20(25)26-3)24-17-6-7-18-19(14-17)29-13-5-12-28-18/h6-7,14,16H,4-5,8-13,15H2,1-3H3,(H2,22,23,24). The van der Waals surface area contributed by atoms with Gasteiger partial charge in [0, 0.05) is 44.5 Å². The van der Waals surface area contributed by atoms with Crippen LogP contribution in [-0.4, -0.2) is 58.6 Å². The molecule has 2 rings (SSSR count). The second-order valence-electron chi connectivity index (χ2n) is 7.14. The Labute approximate surface area is 173 Å². The number of guanidine groups is 1. The maximum Gasteiger partial charge on any atom is 0.307 e. The van der Waals surface area contributed by atoms with Gasteiger partial charge in [0.05, 0.1) is 26.7 Å². The molecule has 0 saturated carbocycles. The van der Waals surface area contributed by atoms with Crippen LogP contribution in [0.15, 0.2) is 23.2 Å². The van der Waals surface area contributed by atoms with Crippen molar-refractivity contribution in [3.63, 3.8) is 0 Å². The third-order valence-electron chi connectivity index (χ3n) is 4.03. The van der Waals surface area contributed by atoms with E-state index in [-0.39, 0.29) is 12.4 Å². The minimum Gasteiger partial charge on any atom is -0.490 e. The smallest absolute Gasteiger partial charge is 0.307 e. The fraction of sp³-hybridized carbons (Fsp3) is 0.619. The molecule has 8 nitrogen and oxygen atoms in total. The Balaban J connectivity index is 1.93. The van der Waals surface area contributed by atoms with Crippen LogP contribution in [-0.2, 0) is 14.3 Å². The number of methoxy groups -OCH3 is 1. The molecule has 2 N–H and O–H groups in total. The summed E-state index contributed by atoms with van der Waals surface area (Å²) in [5, 5.41) is 6.42. The molecule has 8 heteroatoms. The van der Waals surface area contributed by atoms with Gasteiger partial charge >= 0.3 is 5.97 Å². The van der Waals surface area contributed by atoms with Gasteiger partial charge in [-0.3, -0.25) is 9.79 Å². The summed E-state index contributed by atoms with van der Waals surface area (Å²) < 4.78 is 21.7. The van der Waals surface area contributed by atoms with Crippen molar-refractivity contribution in [2.75, 3.05) is 51.9 Å². The zero-order valence-corrected chi connectivity index (χ0v) is 17.7. The molecule has 0 aliphatic carbocycles. The Morgan fingerprint density at radius 1 is 1.24 bits per heavy atom. The normalized spacial score (nSPS) is 13.7. The minimum atomic E-state index is -0.269. The van der Waals surface area contributed by atoms with Gasteiger partial charge < -0.3 is 29.6 Å². The molecule has 1 aromatic carbocycles. The van der Waals surface area contributed by atoms with Crippen molar-refractivity contribution in [3.8, 4) is 11.5 Å². The molecule has 162 valence electrons. The Bertz CT molecular complexity index is 664. The van der Waals surface area contributed by atoms with E-state index in [1.54, 1.807) is 0 Å². The quantitative estimate of drug-likeness (QED) is 0.267. The summed E-state index contributed by atoms with van der Waals surface area (Å²) in [6, 6.07) is 5.69. The van der Waals surface area contributed by atoms with Gasteiger partial charge in [0.1, 0.15) is 0 Å². The van der Waals surface area contributed by atoms with Crippen LogP contribution in [0.5, 0.6) is 11.5 Å². The molecule has 29 heavy (non-hydrogen) atoms. The molecule has 0 unspecified atom stereocenters. The molecular weight excluding hydrogens is 374 g/mol. The lowest BCUT2D eigenvalue weighted by Crippen LogP contribution is -2.33. The highest BCUT2D eigenvalue weighted by Gasteiger charge is 2.11. The van der Waals surface area contributed by atoms with Crippen molar-refractivity contribution >= 4 is 17.6 Å². The Kier molecular flexibility index (Phi) is 10.1. The number of benzene rings is 1. The van der Waals surface area contributed by atoms with E-state index in [9.17, 15) is 4.79 Å². The Morgan fingerprint density at radius 2 is 2.03 bits per heavy atom. The molecular formula is C21H33N3O5. The first kappa shape index (κ1) is 22.8. The van der Waals surface area contributed by atoms with Crippen molar-refractivity contribution in [2.24, 2.45) is 10.9 Å². The Hall–Kier alpha value is -2.48. The Morgan fingerprint density at radius 3 is 2.79 bits per heavy atom. The third kappa shape index (κ3) is 9.04. The monoisotopic (exact) mass is 407 g/mol. The van der Waals surface area contributed by atoms with Crippen molar-refractivity contribution in [1.29, 1.82) is 0 Å². The second kappa shape index (κ2) is 12.9. The number of carbonyl (C=O) groups is 1. The SMILES string of the molecule is COC(=O)CCNC(=NCCCOCC(C)C)Nc1ccc2c(c1)OCCCO2. The van der Waals surface area contributed by atoms with Crippen LogP contribution in [0.4, 0.5) is 5.69 Å². The molecule has 1 aliphatic rings. The van der Waals surface area contributed by atoms with E-state index in [2.05, 4.69) is 34.2 Å². The highest BCUT2D eigenvalue weighted by molar-refractivity contribution is 5.94. The molecule has 0 spiro atoms. The topological polar surface area (TPSA) is 90.4 Å². The number of rotatable bonds is 10. The van der Waals surface area contributed by atoms with E-state index < -0.39 is 0 Å². The van der Waals surface area contributed by atoms with Crippen LogP contribution in [0.2, 0.25) is 0 Å². The fourth-order valence-corrected chi connectivity index (χ4v) is 2.58. The number of aliphatic imine (C=N–C) groups is 1. The minimum absolute atomic E-state index is 0.260. The van der Waals surface area contributed by atoms with Crippen molar-refractivity contribution in [2.45, 2.75) is 33.1 Å². The van der Waals surface area contributed by atoms with Gasteiger partial charge in [-0.25, -0.2) is 0 Å². The number of esters is 1. The van der Waals surface area contributed by atoms with Crippen LogP contribution in [0.1, 0.15) is 33.1 Å². The number of nitrogens with zero attached hydrogens (tertiary/aromatic N) is 1. The highest BCUT2D eigenvalue weighted by atomic mass is 16.5. The van der Waals surface area contributed by atoms with Gasteiger partial charge in [0.2, 0.25) is 0 Å². The second-order valence-corrected chi connectivity index (χ2v) is 7.14. The number of hydrogen-bond acceptors (Lipinski definition) is 6. The van der Waals surface area contributed by atoms with Crippen LogP contribution < -0.4 is 20.1 Å². The lowest BCUT2D eigenvalue weighted by Gasteiger charge is -2.14. The summed E-state index contributed by atoms with van der Waals surface area (Å²) in [5.41, 5.74) is 0.828. The van der Waals surface area contributed by atoms with E-state index in [1.165, 1.54) is 7.11 Å². The zero-order valence-electron chi connectivity index (χ0n) is 17.7. The first-order chi connectivity index (χ1) is 14.1.